The topological polar surface area (TPSA) is 95.5 Å². The molecule has 0 spiro atoms. The van der Waals surface area contributed by atoms with Gasteiger partial charge in [0.1, 0.15) is 0 Å². The first-order chi connectivity index (χ1) is 11.1. The highest BCUT2D eigenvalue weighted by Gasteiger charge is 2.15. The fourth-order valence-corrected chi connectivity index (χ4v) is 2.01. The summed E-state index contributed by atoms with van der Waals surface area (Å²) in [6.07, 6.45) is 0. The van der Waals surface area contributed by atoms with Crippen molar-refractivity contribution in [2.24, 2.45) is 0 Å². The van der Waals surface area contributed by atoms with Crippen LogP contribution in [0.25, 0.3) is 0 Å². The van der Waals surface area contributed by atoms with E-state index in [1.807, 2.05) is 6.07 Å². The molecule has 0 saturated heterocycles. The molecule has 23 heavy (non-hydrogen) atoms. The molecule has 0 bridgehead atoms. The Morgan fingerprint density at radius 1 is 0.739 bits per heavy atom. The van der Waals surface area contributed by atoms with Gasteiger partial charge in [-0.2, -0.15) is 0 Å². The second-order valence-electron chi connectivity index (χ2n) is 4.73. The summed E-state index contributed by atoms with van der Waals surface area (Å²) in [6, 6.07) is 14.7. The normalized spacial score (nSPS) is 9.91. The lowest BCUT2D eigenvalue weighted by molar-refractivity contribution is 0.0691. The van der Waals surface area contributed by atoms with Gasteiger partial charge < -0.3 is 15.7 Å². The largest absolute Gasteiger partial charge is 0.478 e. The number of benzene rings is 2. The Morgan fingerprint density at radius 3 is 1.87 bits per heavy atom. The third kappa shape index (κ3) is 4.41. The molecule has 6 heteroatoms. The van der Waals surface area contributed by atoms with Crippen LogP contribution in [0, 0.1) is 0 Å². The predicted molar refractivity (Wildman–Crippen MR) is 84.5 cm³/mol. The van der Waals surface area contributed by atoms with E-state index in [2.05, 4.69) is 10.6 Å². The van der Waals surface area contributed by atoms with Crippen LogP contribution in [0.2, 0.25) is 0 Å². The van der Waals surface area contributed by atoms with Crippen LogP contribution in [-0.2, 0) is 0 Å². The third-order valence-corrected chi connectivity index (χ3v) is 3.13. The molecule has 2 rings (SSSR count). The quantitative estimate of drug-likeness (QED) is 0.705. The van der Waals surface area contributed by atoms with Crippen molar-refractivity contribution in [3.05, 3.63) is 71.3 Å². The number of carbonyl (C=O) groups is 3. The van der Waals surface area contributed by atoms with Gasteiger partial charge in [0.05, 0.1) is 11.1 Å². The van der Waals surface area contributed by atoms with E-state index >= 15 is 0 Å². The molecule has 3 N–H and O–H groups in total. The van der Waals surface area contributed by atoms with Crippen LogP contribution in [0.3, 0.4) is 0 Å². The SMILES string of the molecule is O=C(NCCNC(=O)c1ccccc1C(=O)O)c1ccccc1. The fraction of sp³-hybridized carbons (Fsp3) is 0.118. The summed E-state index contributed by atoms with van der Waals surface area (Å²) in [7, 11) is 0. The molecule has 2 aromatic carbocycles. The molecule has 0 saturated carbocycles. The van der Waals surface area contributed by atoms with Gasteiger partial charge in [-0.25, -0.2) is 4.79 Å². The second kappa shape index (κ2) is 7.74. The van der Waals surface area contributed by atoms with Crippen molar-refractivity contribution in [3.8, 4) is 0 Å². The van der Waals surface area contributed by atoms with Gasteiger partial charge in [-0.3, -0.25) is 9.59 Å². The number of nitrogens with one attached hydrogen (secondary N) is 2. The van der Waals surface area contributed by atoms with Crippen LogP contribution in [0.15, 0.2) is 54.6 Å². The van der Waals surface area contributed by atoms with Gasteiger partial charge in [-0.1, -0.05) is 30.3 Å². The molecule has 0 aliphatic rings. The number of amides is 2. The van der Waals surface area contributed by atoms with Crippen LogP contribution >= 0.6 is 0 Å². The van der Waals surface area contributed by atoms with Gasteiger partial charge in [-0.15, -0.1) is 0 Å². The van der Waals surface area contributed by atoms with Crippen LogP contribution in [0.1, 0.15) is 31.1 Å². The third-order valence-electron chi connectivity index (χ3n) is 3.13. The molecule has 0 heterocycles. The van der Waals surface area contributed by atoms with Crippen molar-refractivity contribution in [1.29, 1.82) is 0 Å². The van der Waals surface area contributed by atoms with Crippen LogP contribution in [0.4, 0.5) is 0 Å². The number of aromatic carboxylic acids is 1. The first-order valence-corrected chi connectivity index (χ1v) is 7.03. The Morgan fingerprint density at radius 2 is 1.26 bits per heavy atom. The van der Waals surface area contributed by atoms with E-state index in [0.29, 0.717) is 5.56 Å². The van der Waals surface area contributed by atoms with Gasteiger partial charge >= 0.3 is 5.97 Å². The number of hydrogen-bond acceptors (Lipinski definition) is 3. The van der Waals surface area contributed by atoms with E-state index in [9.17, 15) is 14.4 Å². The maximum absolute atomic E-state index is 12.0. The second-order valence-corrected chi connectivity index (χ2v) is 4.73. The zero-order chi connectivity index (χ0) is 16.7. The highest BCUT2D eigenvalue weighted by Crippen LogP contribution is 2.08. The van der Waals surface area contributed by atoms with E-state index in [1.165, 1.54) is 12.1 Å². The summed E-state index contributed by atoms with van der Waals surface area (Å²) < 4.78 is 0. The molecular formula is C17H16N2O4. The van der Waals surface area contributed by atoms with Crippen LogP contribution < -0.4 is 10.6 Å². The van der Waals surface area contributed by atoms with Gasteiger partial charge in [0, 0.05) is 18.7 Å². The molecule has 118 valence electrons. The maximum atomic E-state index is 12.0. The zero-order valence-corrected chi connectivity index (χ0v) is 12.3. The molecule has 2 amide bonds. The molecular weight excluding hydrogens is 296 g/mol. The number of carboxylic acid groups (broad SMARTS) is 1. The van der Waals surface area contributed by atoms with Crippen molar-refractivity contribution >= 4 is 17.8 Å². The summed E-state index contributed by atoms with van der Waals surface area (Å²) in [5, 5.41) is 14.3. The van der Waals surface area contributed by atoms with Gasteiger partial charge in [0.25, 0.3) is 11.8 Å². The first kappa shape index (κ1) is 16.2. The smallest absolute Gasteiger partial charge is 0.336 e. The zero-order valence-electron chi connectivity index (χ0n) is 12.3. The minimum absolute atomic E-state index is 0.0571. The average Bonchev–Trinajstić information content (AvgIpc) is 2.59. The van der Waals surface area contributed by atoms with E-state index in [-0.39, 0.29) is 30.1 Å². The average molecular weight is 312 g/mol. The highest BCUT2D eigenvalue weighted by molar-refractivity contribution is 6.04. The van der Waals surface area contributed by atoms with Crippen molar-refractivity contribution in [3.63, 3.8) is 0 Å². The Bertz CT molecular complexity index is 714. The molecule has 0 aromatic heterocycles. The monoisotopic (exact) mass is 312 g/mol. The van der Waals surface area contributed by atoms with E-state index < -0.39 is 11.9 Å². The molecule has 0 aliphatic carbocycles. The minimum atomic E-state index is -1.16. The van der Waals surface area contributed by atoms with Crippen molar-refractivity contribution in [1.82, 2.24) is 10.6 Å². The minimum Gasteiger partial charge on any atom is -0.478 e. The predicted octanol–water partition coefficient (Wildman–Crippen LogP) is 1.54. The van der Waals surface area contributed by atoms with E-state index in [1.54, 1.807) is 36.4 Å². The van der Waals surface area contributed by atoms with Crippen molar-refractivity contribution in [2.75, 3.05) is 13.1 Å². The standard InChI is InChI=1S/C17H16N2O4/c20-15(12-6-2-1-3-7-12)18-10-11-19-16(21)13-8-4-5-9-14(13)17(22)23/h1-9H,10-11H2,(H,18,20)(H,19,21)(H,22,23). The molecule has 2 aromatic rings. The number of carbonyl (C=O) groups excluding carboxylic acids is 2. The van der Waals surface area contributed by atoms with E-state index in [0.717, 1.165) is 0 Å². The summed E-state index contributed by atoms with van der Waals surface area (Å²) >= 11 is 0. The molecule has 0 aliphatic heterocycles. The Kier molecular flexibility index (Phi) is 5.46. The first-order valence-electron chi connectivity index (χ1n) is 7.03. The Hall–Kier alpha value is -3.15. The van der Waals surface area contributed by atoms with Crippen LogP contribution in [-0.4, -0.2) is 36.0 Å². The molecule has 0 fully saturated rings. The summed E-state index contributed by atoms with van der Waals surface area (Å²) in [5.74, 6) is -1.88. The molecule has 0 radical (unpaired) electrons. The maximum Gasteiger partial charge on any atom is 0.336 e. The Labute approximate surface area is 133 Å². The molecule has 0 atom stereocenters. The van der Waals surface area contributed by atoms with Gasteiger partial charge in [0.2, 0.25) is 0 Å². The highest BCUT2D eigenvalue weighted by atomic mass is 16.4. The Balaban J connectivity index is 1.84. The van der Waals surface area contributed by atoms with E-state index in [4.69, 9.17) is 5.11 Å². The lowest BCUT2D eigenvalue weighted by atomic mass is 10.1. The lowest BCUT2D eigenvalue weighted by Crippen LogP contribution is -2.35. The molecule has 6 nitrogen and oxygen atoms in total. The number of carboxylic acids is 1. The van der Waals surface area contributed by atoms with Crippen molar-refractivity contribution in [2.45, 2.75) is 0 Å². The van der Waals surface area contributed by atoms with Crippen LogP contribution in [0.5, 0.6) is 0 Å². The lowest BCUT2D eigenvalue weighted by Gasteiger charge is -2.08. The van der Waals surface area contributed by atoms with Gasteiger partial charge in [-0.05, 0) is 24.3 Å². The fourth-order valence-electron chi connectivity index (χ4n) is 2.01. The number of rotatable bonds is 6. The summed E-state index contributed by atoms with van der Waals surface area (Å²) in [5.41, 5.74) is 0.572. The van der Waals surface area contributed by atoms with Crippen molar-refractivity contribution < 1.29 is 19.5 Å². The summed E-state index contributed by atoms with van der Waals surface area (Å²) in [6.45, 7) is 0.445. The number of hydrogen-bond donors (Lipinski definition) is 3. The molecule has 0 unspecified atom stereocenters. The van der Waals surface area contributed by atoms with Gasteiger partial charge in [0.15, 0.2) is 0 Å². The summed E-state index contributed by atoms with van der Waals surface area (Å²) in [4.78, 5) is 34.9.